The zero-order valence-corrected chi connectivity index (χ0v) is 14.2. The van der Waals surface area contributed by atoms with Gasteiger partial charge in [0.1, 0.15) is 11.5 Å². The fourth-order valence-electron chi connectivity index (χ4n) is 1.95. The molecule has 0 saturated heterocycles. The molecular weight excluding hydrogens is 414 g/mol. The van der Waals surface area contributed by atoms with Crippen LogP contribution in [0.2, 0.25) is 0 Å². The lowest BCUT2D eigenvalue weighted by atomic mass is 10.1. The third-order valence-corrected chi connectivity index (χ3v) is 2.87. The number of alkyl halides is 3. The molecule has 22 heavy (non-hydrogen) atoms. The number of rotatable bonds is 4. The first-order valence-electron chi connectivity index (χ1n) is 6.43. The minimum absolute atomic E-state index is 0. The van der Waals surface area contributed by atoms with Gasteiger partial charge in [-0.3, -0.25) is 4.99 Å². The van der Waals surface area contributed by atoms with Gasteiger partial charge < -0.3 is 20.1 Å². The number of methoxy groups -OCH3 is 1. The molecule has 0 atom stereocenters. The lowest BCUT2D eigenvalue weighted by molar-refractivity contribution is -0.274. The molecule has 0 radical (unpaired) electrons. The van der Waals surface area contributed by atoms with Crippen LogP contribution in [0.4, 0.5) is 13.2 Å². The Balaban J connectivity index is 0.00000242. The van der Waals surface area contributed by atoms with Crippen LogP contribution in [0, 0.1) is 0 Å². The largest absolute Gasteiger partial charge is 0.573 e. The Bertz CT molecular complexity index is 524. The molecule has 2 rings (SSSR count). The SMILES string of the molecule is COc1cccc(OC(F)(F)F)c1CNC1=NCCCN1.I. The molecule has 1 heterocycles. The number of aliphatic imine (C=N–C) groups is 1. The molecule has 0 fully saturated rings. The second kappa shape index (κ2) is 8.30. The van der Waals surface area contributed by atoms with Gasteiger partial charge in [0.25, 0.3) is 0 Å². The maximum Gasteiger partial charge on any atom is 0.573 e. The van der Waals surface area contributed by atoms with Crippen molar-refractivity contribution in [2.24, 2.45) is 4.99 Å². The van der Waals surface area contributed by atoms with Gasteiger partial charge >= 0.3 is 6.36 Å². The van der Waals surface area contributed by atoms with Gasteiger partial charge in [-0.15, -0.1) is 37.1 Å². The van der Waals surface area contributed by atoms with E-state index in [1.165, 1.54) is 19.2 Å². The van der Waals surface area contributed by atoms with Crippen LogP contribution in [0.15, 0.2) is 23.2 Å². The van der Waals surface area contributed by atoms with Crippen LogP contribution in [0.5, 0.6) is 11.5 Å². The molecule has 1 aliphatic heterocycles. The van der Waals surface area contributed by atoms with Gasteiger partial charge in [-0.1, -0.05) is 6.07 Å². The summed E-state index contributed by atoms with van der Waals surface area (Å²) < 4.78 is 46.4. The molecular formula is C13H17F3IN3O2. The summed E-state index contributed by atoms with van der Waals surface area (Å²) in [7, 11) is 1.40. The summed E-state index contributed by atoms with van der Waals surface area (Å²) >= 11 is 0. The number of hydrogen-bond acceptors (Lipinski definition) is 5. The lowest BCUT2D eigenvalue weighted by Gasteiger charge is -2.19. The number of nitrogens with zero attached hydrogens (tertiary/aromatic N) is 1. The summed E-state index contributed by atoms with van der Waals surface area (Å²) in [5.74, 6) is 0.594. The fourth-order valence-corrected chi connectivity index (χ4v) is 1.95. The molecule has 0 bridgehead atoms. The molecule has 0 aromatic heterocycles. The average molecular weight is 431 g/mol. The van der Waals surface area contributed by atoms with Gasteiger partial charge in [0, 0.05) is 13.1 Å². The molecule has 0 amide bonds. The van der Waals surface area contributed by atoms with Crippen molar-refractivity contribution in [1.29, 1.82) is 0 Å². The molecule has 0 saturated carbocycles. The van der Waals surface area contributed by atoms with Crippen LogP contribution in [0.1, 0.15) is 12.0 Å². The number of nitrogens with one attached hydrogen (secondary N) is 2. The zero-order valence-electron chi connectivity index (χ0n) is 11.9. The van der Waals surface area contributed by atoms with Gasteiger partial charge in [-0.25, -0.2) is 0 Å². The highest BCUT2D eigenvalue weighted by atomic mass is 127. The number of benzene rings is 1. The van der Waals surface area contributed by atoms with E-state index in [-0.39, 0.29) is 41.8 Å². The summed E-state index contributed by atoms with van der Waals surface area (Å²) in [5.41, 5.74) is 0.285. The highest BCUT2D eigenvalue weighted by molar-refractivity contribution is 14.0. The van der Waals surface area contributed by atoms with Crippen LogP contribution >= 0.6 is 24.0 Å². The fraction of sp³-hybridized carbons (Fsp3) is 0.462. The van der Waals surface area contributed by atoms with Gasteiger partial charge in [0.2, 0.25) is 0 Å². The molecule has 0 aliphatic carbocycles. The number of ether oxygens (including phenoxy) is 2. The standard InChI is InChI=1S/C13H16F3N3O2.HI/c1-20-10-4-2-5-11(21-13(14,15)16)9(10)8-19-12-17-6-3-7-18-12;/h2,4-5H,3,6-8H2,1H3,(H2,17,18,19);1H. The van der Waals surface area contributed by atoms with Crippen LogP contribution < -0.4 is 20.1 Å². The van der Waals surface area contributed by atoms with E-state index in [0.717, 1.165) is 13.0 Å². The minimum atomic E-state index is -4.75. The monoisotopic (exact) mass is 431 g/mol. The van der Waals surface area contributed by atoms with Crippen molar-refractivity contribution in [2.75, 3.05) is 20.2 Å². The van der Waals surface area contributed by atoms with Crippen molar-refractivity contribution in [3.05, 3.63) is 23.8 Å². The molecule has 1 aliphatic rings. The first-order chi connectivity index (χ1) is 9.99. The molecule has 1 aromatic carbocycles. The van der Waals surface area contributed by atoms with Gasteiger partial charge in [0.05, 0.1) is 19.2 Å². The second-order valence-electron chi connectivity index (χ2n) is 4.35. The van der Waals surface area contributed by atoms with Crippen molar-refractivity contribution >= 4 is 29.9 Å². The topological polar surface area (TPSA) is 54.9 Å². The Hall–Kier alpha value is -1.39. The highest BCUT2D eigenvalue weighted by Crippen LogP contribution is 2.32. The second-order valence-corrected chi connectivity index (χ2v) is 4.35. The maximum absolute atomic E-state index is 12.4. The first-order valence-corrected chi connectivity index (χ1v) is 6.43. The Kier molecular flexibility index (Phi) is 7.04. The molecule has 2 N–H and O–H groups in total. The quantitative estimate of drug-likeness (QED) is 0.721. The van der Waals surface area contributed by atoms with Crippen molar-refractivity contribution in [1.82, 2.24) is 10.6 Å². The number of halogens is 4. The van der Waals surface area contributed by atoms with Crippen molar-refractivity contribution < 1.29 is 22.6 Å². The smallest absolute Gasteiger partial charge is 0.496 e. The third-order valence-electron chi connectivity index (χ3n) is 2.87. The predicted octanol–water partition coefficient (Wildman–Crippen LogP) is 2.65. The van der Waals surface area contributed by atoms with E-state index in [1.54, 1.807) is 6.07 Å². The Morgan fingerprint density at radius 3 is 2.64 bits per heavy atom. The van der Waals surface area contributed by atoms with Crippen LogP contribution in [0.25, 0.3) is 0 Å². The Labute approximate surface area is 143 Å². The van der Waals surface area contributed by atoms with Gasteiger partial charge in [-0.2, -0.15) is 0 Å². The Morgan fingerprint density at radius 1 is 1.32 bits per heavy atom. The zero-order chi connectivity index (χ0) is 15.3. The van der Waals surface area contributed by atoms with E-state index in [9.17, 15) is 13.2 Å². The van der Waals surface area contributed by atoms with Crippen LogP contribution in [-0.2, 0) is 6.54 Å². The molecule has 1 aromatic rings. The van der Waals surface area contributed by atoms with Gasteiger partial charge in [0.15, 0.2) is 5.96 Å². The molecule has 9 heteroatoms. The summed E-state index contributed by atoms with van der Waals surface area (Å²) in [6, 6.07) is 4.28. The molecule has 0 spiro atoms. The summed E-state index contributed by atoms with van der Waals surface area (Å²) in [4.78, 5) is 4.19. The minimum Gasteiger partial charge on any atom is -0.496 e. The van der Waals surface area contributed by atoms with Crippen molar-refractivity contribution in [3.63, 3.8) is 0 Å². The van der Waals surface area contributed by atoms with E-state index >= 15 is 0 Å². The van der Waals surface area contributed by atoms with E-state index in [2.05, 4.69) is 20.4 Å². The highest BCUT2D eigenvalue weighted by Gasteiger charge is 2.32. The normalized spacial score (nSPS) is 14.3. The maximum atomic E-state index is 12.4. The lowest BCUT2D eigenvalue weighted by Crippen LogP contribution is -2.40. The summed E-state index contributed by atoms with van der Waals surface area (Å²) in [5, 5.41) is 5.98. The van der Waals surface area contributed by atoms with Crippen LogP contribution in [0.3, 0.4) is 0 Å². The summed E-state index contributed by atoms with van der Waals surface area (Å²) in [6.07, 6.45) is -3.82. The van der Waals surface area contributed by atoms with Crippen molar-refractivity contribution in [2.45, 2.75) is 19.3 Å². The van der Waals surface area contributed by atoms with Crippen molar-refractivity contribution in [3.8, 4) is 11.5 Å². The van der Waals surface area contributed by atoms with Crippen LogP contribution in [-0.4, -0.2) is 32.5 Å². The predicted molar refractivity (Wildman–Crippen MR) is 86.9 cm³/mol. The van der Waals surface area contributed by atoms with E-state index < -0.39 is 6.36 Å². The number of guanidine groups is 1. The van der Waals surface area contributed by atoms with Gasteiger partial charge in [-0.05, 0) is 18.6 Å². The molecule has 5 nitrogen and oxygen atoms in total. The summed E-state index contributed by atoms with van der Waals surface area (Å²) in [6.45, 7) is 1.58. The molecule has 124 valence electrons. The molecule has 0 unspecified atom stereocenters. The first kappa shape index (κ1) is 18.7. The number of hydrogen-bond donors (Lipinski definition) is 2. The van der Waals surface area contributed by atoms with E-state index in [4.69, 9.17) is 4.74 Å². The average Bonchev–Trinajstić information content (AvgIpc) is 2.45. The van der Waals surface area contributed by atoms with E-state index in [1.807, 2.05) is 0 Å². The third kappa shape index (κ3) is 5.43. The van der Waals surface area contributed by atoms with E-state index in [0.29, 0.717) is 18.3 Å². The Morgan fingerprint density at radius 2 is 2.05 bits per heavy atom.